The summed E-state index contributed by atoms with van der Waals surface area (Å²) in [5.74, 6) is 1.28. The fourth-order valence-electron chi connectivity index (χ4n) is 2.43. The van der Waals surface area contributed by atoms with Gasteiger partial charge in [0.05, 0.1) is 11.2 Å². The van der Waals surface area contributed by atoms with E-state index < -0.39 is 0 Å². The van der Waals surface area contributed by atoms with Gasteiger partial charge in [-0.05, 0) is 31.2 Å². The van der Waals surface area contributed by atoms with Crippen LogP contribution in [0.5, 0.6) is 5.75 Å². The average molecular weight is 375 g/mol. The molecule has 1 aromatic carbocycles. The largest absolute Gasteiger partial charge is 0.484 e. The summed E-state index contributed by atoms with van der Waals surface area (Å²) in [6.45, 7) is 2.15. The van der Waals surface area contributed by atoms with Crippen LogP contribution in [0.25, 0.3) is 22.5 Å². The van der Waals surface area contributed by atoms with Crippen LogP contribution < -0.4 is 4.74 Å². The maximum atomic E-state index is 6.45. The molecule has 0 saturated heterocycles. The predicted molar refractivity (Wildman–Crippen MR) is 94.9 cm³/mol. The Morgan fingerprint density at radius 1 is 1.20 bits per heavy atom. The molecule has 0 aliphatic carbocycles. The molecule has 0 amide bonds. The second kappa shape index (κ2) is 6.38. The number of fused-ring (bicyclic) bond motifs is 1. The number of ether oxygens (including phenoxy) is 1. The molecule has 126 valence electrons. The Hall–Kier alpha value is -2.57. The molecule has 6 nitrogen and oxygen atoms in total. The van der Waals surface area contributed by atoms with E-state index in [9.17, 15) is 0 Å². The van der Waals surface area contributed by atoms with Gasteiger partial charge >= 0.3 is 0 Å². The molecular weight excluding hydrogens is 363 g/mol. The molecule has 0 unspecified atom stereocenters. The Balaban J connectivity index is 1.56. The number of nitrogens with zero attached hydrogens (tertiary/aromatic N) is 3. The first kappa shape index (κ1) is 15.9. The number of halogens is 2. The molecule has 0 aliphatic rings. The first-order valence-corrected chi connectivity index (χ1v) is 8.21. The van der Waals surface area contributed by atoms with Gasteiger partial charge in [-0.25, -0.2) is 4.98 Å². The Morgan fingerprint density at radius 2 is 2.08 bits per heavy atom. The highest BCUT2D eigenvalue weighted by molar-refractivity contribution is 6.38. The average Bonchev–Trinajstić information content (AvgIpc) is 3.20. The molecule has 0 bridgehead atoms. The number of aryl methyl sites for hydroxylation is 1. The number of H-pyrrole nitrogens is 1. The number of aromatic nitrogens is 4. The summed E-state index contributed by atoms with van der Waals surface area (Å²) in [5, 5.41) is 5.79. The van der Waals surface area contributed by atoms with E-state index in [0.29, 0.717) is 33.3 Å². The van der Waals surface area contributed by atoms with Crippen molar-refractivity contribution in [1.82, 2.24) is 20.1 Å². The van der Waals surface area contributed by atoms with Crippen LogP contribution >= 0.6 is 23.2 Å². The number of hydrogen-bond donors (Lipinski definition) is 1. The van der Waals surface area contributed by atoms with Crippen LogP contribution in [0.15, 0.2) is 41.1 Å². The molecule has 0 fully saturated rings. The summed E-state index contributed by atoms with van der Waals surface area (Å²) in [5.41, 5.74) is 2.62. The molecule has 0 aliphatic heterocycles. The molecule has 8 heteroatoms. The lowest BCUT2D eigenvalue weighted by atomic mass is 10.2. The summed E-state index contributed by atoms with van der Waals surface area (Å²) in [6.07, 6.45) is 1.53. The van der Waals surface area contributed by atoms with Gasteiger partial charge in [0, 0.05) is 10.9 Å². The normalized spacial score (nSPS) is 11.2. The summed E-state index contributed by atoms with van der Waals surface area (Å²) in [6, 6.07) is 9.34. The standard InChI is InChI=1S/C17H12Cl2N4O2/c1-9-2-4-12-11(6-9)15(19)16(21-12)17-22-14(23-25-17)8-24-10-3-5-13(18)20-7-10/h2-7,21H,8H2,1H3. The summed E-state index contributed by atoms with van der Waals surface area (Å²) in [4.78, 5) is 11.5. The van der Waals surface area contributed by atoms with Gasteiger partial charge in [0.1, 0.15) is 16.6 Å². The molecule has 1 N–H and O–H groups in total. The molecule has 0 radical (unpaired) electrons. The number of benzene rings is 1. The Kier molecular flexibility index (Phi) is 4.07. The summed E-state index contributed by atoms with van der Waals surface area (Å²) in [7, 11) is 0. The lowest BCUT2D eigenvalue weighted by Gasteiger charge is -2.01. The molecular formula is C17H12Cl2N4O2. The smallest absolute Gasteiger partial charge is 0.276 e. The second-order valence-corrected chi connectivity index (χ2v) is 6.25. The van der Waals surface area contributed by atoms with Crippen molar-refractivity contribution >= 4 is 34.1 Å². The first-order chi connectivity index (χ1) is 12.1. The molecule has 0 saturated carbocycles. The van der Waals surface area contributed by atoms with Crippen LogP contribution in [0.4, 0.5) is 0 Å². The van der Waals surface area contributed by atoms with Crippen molar-refractivity contribution in [2.75, 3.05) is 0 Å². The fraction of sp³-hybridized carbons (Fsp3) is 0.118. The SMILES string of the molecule is Cc1ccc2[nH]c(-c3nc(COc4ccc(Cl)nc4)no3)c(Cl)c2c1. The first-order valence-electron chi connectivity index (χ1n) is 7.45. The maximum Gasteiger partial charge on any atom is 0.276 e. The van der Waals surface area contributed by atoms with Crippen molar-refractivity contribution < 1.29 is 9.26 Å². The van der Waals surface area contributed by atoms with Gasteiger partial charge in [0.25, 0.3) is 5.89 Å². The third-order valence-corrected chi connectivity index (χ3v) is 4.26. The molecule has 0 spiro atoms. The van der Waals surface area contributed by atoms with Crippen LogP contribution in [-0.2, 0) is 6.61 Å². The van der Waals surface area contributed by atoms with Crippen LogP contribution in [-0.4, -0.2) is 20.1 Å². The third kappa shape index (κ3) is 3.18. The number of nitrogens with one attached hydrogen (secondary N) is 1. The Bertz CT molecular complexity index is 1040. The minimum Gasteiger partial charge on any atom is -0.484 e. The Labute approximate surface area is 152 Å². The van der Waals surface area contributed by atoms with Crippen LogP contribution in [0.3, 0.4) is 0 Å². The molecule has 0 atom stereocenters. The molecule has 4 aromatic rings. The highest BCUT2D eigenvalue weighted by atomic mass is 35.5. The van der Waals surface area contributed by atoms with Crippen molar-refractivity contribution in [2.24, 2.45) is 0 Å². The van der Waals surface area contributed by atoms with E-state index in [1.54, 1.807) is 12.1 Å². The van der Waals surface area contributed by atoms with Gasteiger partial charge in [0.15, 0.2) is 6.61 Å². The monoisotopic (exact) mass is 374 g/mol. The predicted octanol–water partition coefficient (Wildman–Crippen LogP) is 4.81. The number of rotatable bonds is 4. The van der Waals surface area contributed by atoms with Gasteiger partial charge < -0.3 is 14.2 Å². The number of hydrogen-bond acceptors (Lipinski definition) is 5. The van der Waals surface area contributed by atoms with E-state index in [1.807, 2.05) is 25.1 Å². The van der Waals surface area contributed by atoms with E-state index >= 15 is 0 Å². The minimum atomic E-state index is 0.143. The van der Waals surface area contributed by atoms with E-state index in [4.69, 9.17) is 32.5 Å². The van der Waals surface area contributed by atoms with E-state index in [2.05, 4.69) is 20.1 Å². The lowest BCUT2D eigenvalue weighted by molar-refractivity contribution is 0.286. The summed E-state index contributed by atoms with van der Waals surface area (Å²) >= 11 is 12.2. The zero-order valence-corrected chi connectivity index (χ0v) is 14.6. The molecule has 25 heavy (non-hydrogen) atoms. The molecule has 3 heterocycles. The zero-order valence-electron chi connectivity index (χ0n) is 13.1. The van der Waals surface area contributed by atoms with E-state index in [0.717, 1.165) is 16.5 Å². The van der Waals surface area contributed by atoms with Crippen molar-refractivity contribution in [3.05, 3.63) is 58.1 Å². The van der Waals surface area contributed by atoms with Gasteiger partial charge in [-0.3, -0.25) is 0 Å². The zero-order chi connectivity index (χ0) is 17.4. The van der Waals surface area contributed by atoms with E-state index in [1.165, 1.54) is 6.20 Å². The van der Waals surface area contributed by atoms with Gasteiger partial charge in [-0.1, -0.05) is 40.0 Å². The van der Waals surface area contributed by atoms with Crippen LogP contribution in [0.1, 0.15) is 11.4 Å². The van der Waals surface area contributed by atoms with Crippen molar-refractivity contribution in [2.45, 2.75) is 13.5 Å². The highest BCUT2D eigenvalue weighted by Crippen LogP contribution is 2.34. The molecule has 4 rings (SSSR count). The van der Waals surface area contributed by atoms with Gasteiger partial charge in [-0.2, -0.15) is 4.98 Å². The Morgan fingerprint density at radius 3 is 2.88 bits per heavy atom. The number of pyridine rings is 1. The lowest BCUT2D eigenvalue weighted by Crippen LogP contribution is -1.97. The fourth-order valence-corrected chi connectivity index (χ4v) is 2.83. The van der Waals surface area contributed by atoms with Crippen molar-refractivity contribution in [1.29, 1.82) is 0 Å². The van der Waals surface area contributed by atoms with E-state index in [-0.39, 0.29) is 6.61 Å². The van der Waals surface area contributed by atoms with Crippen LogP contribution in [0, 0.1) is 6.92 Å². The maximum absolute atomic E-state index is 6.45. The minimum absolute atomic E-state index is 0.143. The third-order valence-electron chi connectivity index (χ3n) is 3.64. The van der Waals surface area contributed by atoms with Crippen molar-refractivity contribution in [3.8, 4) is 17.3 Å². The van der Waals surface area contributed by atoms with Gasteiger partial charge in [-0.15, -0.1) is 0 Å². The quantitative estimate of drug-likeness (QED) is 0.518. The topological polar surface area (TPSA) is 76.8 Å². The van der Waals surface area contributed by atoms with Crippen LogP contribution in [0.2, 0.25) is 10.2 Å². The second-order valence-electron chi connectivity index (χ2n) is 5.48. The van der Waals surface area contributed by atoms with Gasteiger partial charge in [0.2, 0.25) is 5.82 Å². The summed E-state index contributed by atoms with van der Waals surface area (Å²) < 4.78 is 10.9. The van der Waals surface area contributed by atoms with Crippen molar-refractivity contribution in [3.63, 3.8) is 0 Å². The number of aromatic amines is 1. The molecule has 3 aromatic heterocycles. The highest BCUT2D eigenvalue weighted by Gasteiger charge is 2.17.